The van der Waals surface area contributed by atoms with Crippen LogP contribution in [0.3, 0.4) is 0 Å². The lowest BCUT2D eigenvalue weighted by Gasteiger charge is -2.38. The first-order chi connectivity index (χ1) is 11.2. The van der Waals surface area contributed by atoms with E-state index in [1.807, 2.05) is 0 Å². The first-order valence-electron chi connectivity index (χ1n) is 8.84. The van der Waals surface area contributed by atoms with Gasteiger partial charge in [0.15, 0.2) is 5.79 Å². The first kappa shape index (κ1) is 15.1. The average Bonchev–Trinajstić information content (AvgIpc) is 3.04. The van der Waals surface area contributed by atoms with Gasteiger partial charge in [-0.3, -0.25) is 0 Å². The molecule has 4 rings (SSSR count). The van der Waals surface area contributed by atoms with E-state index in [1.54, 1.807) is 6.33 Å². The van der Waals surface area contributed by atoms with E-state index in [-0.39, 0.29) is 5.79 Å². The van der Waals surface area contributed by atoms with Gasteiger partial charge in [-0.25, -0.2) is 9.97 Å². The molecular formula is C17H26N4O2. The summed E-state index contributed by atoms with van der Waals surface area (Å²) in [7, 11) is 0. The molecule has 0 aromatic carbocycles. The van der Waals surface area contributed by atoms with Crippen molar-refractivity contribution < 1.29 is 9.47 Å². The molecule has 6 heteroatoms. The van der Waals surface area contributed by atoms with Gasteiger partial charge in [-0.2, -0.15) is 0 Å². The minimum Gasteiger partial charge on any atom is -0.356 e. The van der Waals surface area contributed by atoms with Crippen molar-refractivity contribution in [2.45, 2.75) is 38.4 Å². The molecule has 3 aliphatic rings. The van der Waals surface area contributed by atoms with E-state index in [0.717, 1.165) is 69.8 Å². The predicted octanol–water partition coefficient (Wildman–Crippen LogP) is 2.06. The number of piperidine rings is 2. The molecule has 1 aromatic heterocycles. The van der Waals surface area contributed by atoms with Crippen molar-refractivity contribution in [3.63, 3.8) is 0 Å². The van der Waals surface area contributed by atoms with Crippen molar-refractivity contribution in [3.05, 3.63) is 12.4 Å². The van der Waals surface area contributed by atoms with Gasteiger partial charge in [0, 0.05) is 45.1 Å². The van der Waals surface area contributed by atoms with E-state index in [4.69, 9.17) is 9.47 Å². The van der Waals surface area contributed by atoms with Crippen LogP contribution in [0.25, 0.3) is 0 Å². The van der Waals surface area contributed by atoms with Gasteiger partial charge in [0.05, 0.1) is 13.2 Å². The SMILES string of the molecule is CC1CCCN(c2cc(N3CCC4(CC3)OCCO4)ncn2)C1. The molecular weight excluding hydrogens is 292 g/mol. The van der Waals surface area contributed by atoms with Gasteiger partial charge < -0.3 is 19.3 Å². The zero-order valence-corrected chi connectivity index (χ0v) is 13.9. The third-order valence-corrected chi connectivity index (χ3v) is 5.28. The lowest BCUT2D eigenvalue weighted by Crippen LogP contribution is -2.45. The molecule has 0 bridgehead atoms. The van der Waals surface area contributed by atoms with Gasteiger partial charge in [0.1, 0.15) is 18.0 Å². The zero-order valence-electron chi connectivity index (χ0n) is 13.9. The van der Waals surface area contributed by atoms with Crippen molar-refractivity contribution in [1.29, 1.82) is 0 Å². The lowest BCUT2D eigenvalue weighted by molar-refractivity contribution is -0.169. The normalized spacial score (nSPS) is 27.6. The Hall–Kier alpha value is -1.40. The maximum Gasteiger partial charge on any atom is 0.171 e. The van der Waals surface area contributed by atoms with Gasteiger partial charge >= 0.3 is 0 Å². The van der Waals surface area contributed by atoms with Crippen LogP contribution in [0, 0.1) is 5.92 Å². The minimum absolute atomic E-state index is 0.325. The summed E-state index contributed by atoms with van der Waals surface area (Å²) >= 11 is 0. The molecule has 3 saturated heterocycles. The van der Waals surface area contributed by atoms with E-state index >= 15 is 0 Å². The molecule has 3 fully saturated rings. The van der Waals surface area contributed by atoms with Gasteiger partial charge in [-0.05, 0) is 18.8 Å². The van der Waals surface area contributed by atoms with Crippen LogP contribution in [0.15, 0.2) is 12.4 Å². The molecule has 0 aliphatic carbocycles. The molecule has 1 atom stereocenters. The Bertz CT molecular complexity index is 537. The van der Waals surface area contributed by atoms with Crippen LogP contribution in [0.2, 0.25) is 0 Å². The van der Waals surface area contributed by atoms with Gasteiger partial charge in [0.2, 0.25) is 0 Å². The predicted molar refractivity (Wildman–Crippen MR) is 88.7 cm³/mol. The van der Waals surface area contributed by atoms with Crippen molar-refractivity contribution in [3.8, 4) is 0 Å². The monoisotopic (exact) mass is 318 g/mol. The Kier molecular flexibility index (Phi) is 4.11. The number of ether oxygens (including phenoxy) is 2. The average molecular weight is 318 g/mol. The number of hydrogen-bond acceptors (Lipinski definition) is 6. The molecule has 23 heavy (non-hydrogen) atoms. The second-order valence-corrected chi connectivity index (χ2v) is 7.02. The molecule has 1 unspecified atom stereocenters. The van der Waals surface area contributed by atoms with Crippen LogP contribution >= 0.6 is 0 Å². The fraction of sp³-hybridized carbons (Fsp3) is 0.765. The van der Waals surface area contributed by atoms with Crippen LogP contribution in [0.4, 0.5) is 11.6 Å². The molecule has 6 nitrogen and oxygen atoms in total. The van der Waals surface area contributed by atoms with Crippen molar-refractivity contribution in [2.24, 2.45) is 5.92 Å². The van der Waals surface area contributed by atoms with E-state index < -0.39 is 0 Å². The van der Waals surface area contributed by atoms with Crippen LogP contribution in [0.1, 0.15) is 32.6 Å². The Morgan fingerprint density at radius 3 is 2.43 bits per heavy atom. The topological polar surface area (TPSA) is 50.7 Å². The fourth-order valence-corrected chi connectivity index (χ4v) is 3.94. The quantitative estimate of drug-likeness (QED) is 0.832. The zero-order chi connectivity index (χ0) is 15.7. The molecule has 0 N–H and O–H groups in total. The Balaban J connectivity index is 1.44. The van der Waals surface area contributed by atoms with E-state index in [2.05, 4.69) is 32.8 Å². The van der Waals surface area contributed by atoms with E-state index in [1.165, 1.54) is 12.8 Å². The van der Waals surface area contributed by atoms with Crippen molar-refractivity contribution >= 4 is 11.6 Å². The van der Waals surface area contributed by atoms with Crippen molar-refractivity contribution in [2.75, 3.05) is 49.2 Å². The maximum absolute atomic E-state index is 5.81. The highest BCUT2D eigenvalue weighted by Crippen LogP contribution is 2.33. The van der Waals surface area contributed by atoms with Gasteiger partial charge in [0.25, 0.3) is 0 Å². The maximum atomic E-state index is 5.81. The van der Waals surface area contributed by atoms with E-state index in [0.29, 0.717) is 0 Å². The summed E-state index contributed by atoms with van der Waals surface area (Å²) in [5, 5.41) is 0. The van der Waals surface area contributed by atoms with Gasteiger partial charge in [-0.1, -0.05) is 6.92 Å². The molecule has 1 spiro atoms. The molecule has 0 amide bonds. The smallest absolute Gasteiger partial charge is 0.171 e. The number of aromatic nitrogens is 2. The summed E-state index contributed by atoms with van der Waals surface area (Å²) in [5.41, 5.74) is 0. The summed E-state index contributed by atoms with van der Waals surface area (Å²) in [6.45, 7) is 7.82. The standard InChI is InChI=1S/C17H26N4O2/c1-14-3-2-6-21(12-14)16-11-15(18-13-19-16)20-7-4-17(5-8-20)22-9-10-23-17/h11,13-14H,2-10,12H2,1H3. The summed E-state index contributed by atoms with van der Waals surface area (Å²) < 4.78 is 11.6. The third-order valence-electron chi connectivity index (χ3n) is 5.28. The summed E-state index contributed by atoms with van der Waals surface area (Å²) in [5.74, 6) is 2.51. The Morgan fingerprint density at radius 2 is 1.74 bits per heavy atom. The molecule has 0 radical (unpaired) electrons. The number of hydrogen-bond donors (Lipinski definition) is 0. The molecule has 0 saturated carbocycles. The number of nitrogens with zero attached hydrogens (tertiary/aromatic N) is 4. The summed E-state index contributed by atoms with van der Waals surface area (Å²) in [4.78, 5) is 13.7. The van der Waals surface area contributed by atoms with E-state index in [9.17, 15) is 0 Å². The fourth-order valence-electron chi connectivity index (χ4n) is 3.94. The highest BCUT2D eigenvalue weighted by Gasteiger charge is 2.40. The van der Waals surface area contributed by atoms with Crippen LogP contribution in [-0.2, 0) is 9.47 Å². The molecule has 1 aromatic rings. The van der Waals surface area contributed by atoms with Crippen LogP contribution < -0.4 is 9.80 Å². The minimum atomic E-state index is -0.325. The highest BCUT2D eigenvalue weighted by molar-refractivity contribution is 5.50. The molecule has 4 heterocycles. The van der Waals surface area contributed by atoms with Crippen LogP contribution in [0.5, 0.6) is 0 Å². The van der Waals surface area contributed by atoms with Gasteiger partial charge in [-0.15, -0.1) is 0 Å². The lowest BCUT2D eigenvalue weighted by atomic mass is 10.0. The van der Waals surface area contributed by atoms with Crippen molar-refractivity contribution in [1.82, 2.24) is 9.97 Å². The third kappa shape index (κ3) is 3.15. The number of rotatable bonds is 2. The first-order valence-corrected chi connectivity index (χ1v) is 8.84. The summed E-state index contributed by atoms with van der Waals surface area (Å²) in [6, 6.07) is 2.15. The second-order valence-electron chi connectivity index (χ2n) is 7.02. The highest BCUT2D eigenvalue weighted by atomic mass is 16.7. The molecule has 126 valence electrons. The summed E-state index contributed by atoms with van der Waals surface area (Å²) in [6.07, 6.45) is 6.10. The number of anilines is 2. The Morgan fingerprint density at radius 1 is 1.04 bits per heavy atom. The van der Waals surface area contributed by atoms with Crippen LogP contribution in [-0.4, -0.2) is 55.1 Å². The largest absolute Gasteiger partial charge is 0.356 e. The Labute approximate surface area is 137 Å². The molecule has 3 aliphatic heterocycles. The second kappa shape index (κ2) is 6.24.